The van der Waals surface area contributed by atoms with Crippen molar-refractivity contribution in [2.45, 2.75) is 26.3 Å². The Morgan fingerprint density at radius 2 is 1.72 bits per heavy atom. The van der Waals surface area contributed by atoms with Gasteiger partial charge < -0.3 is 15.0 Å². The fraction of sp³-hybridized carbons (Fsp3) is 0.400. The minimum Gasteiger partial charge on any atom is -0.379 e. The predicted octanol–water partition coefficient (Wildman–Crippen LogP) is 4.75. The van der Waals surface area contributed by atoms with Crippen molar-refractivity contribution in [3.8, 4) is 11.3 Å². The molecule has 1 N–H and O–H groups in total. The second-order valence-electron chi connectivity index (χ2n) is 9.37. The molecule has 36 heavy (non-hydrogen) atoms. The van der Waals surface area contributed by atoms with Crippen LogP contribution in [-0.4, -0.2) is 73.2 Å². The molecule has 2 aliphatic rings. The monoisotopic (exact) mass is 486 g/mol. The van der Waals surface area contributed by atoms with E-state index in [-0.39, 0.29) is 5.91 Å². The van der Waals surface area contributed by atoms with Crippen molar-refractivity contribution >= 4 is 16.8 Å². The van der Waals surface area contributed by atoms with Crippen molar-refractivity contribution in [1.29, 1.82) is 0 Å². The topological polar surface area (TPSA) is 57.7 Å². The maximum Gasteiger partial charge on any atom is 0.252 e. The maximum atomic E-state index is 13.1. The van der Waals surface area contributed by atoms with E-state index >= 15 is 0 Å². The van der Waals surface area contributed by atoms with Crippen molar-refractivity contribution in [2.24, 2.45) is 0 Å². The number of morpholine rings is 1. The Hall–Kier alpha value is -3.06. The van der Waals surface area contributed by atoms with Gasteiger partial charge in [0.1, 0.15) is 0 Å². The van der Waals surface area contributed by atoms with Gasteiger partial charge in [0.25, 0.3) is 5.91 Å². The van der Waals surface area contributed by atoms with E-state index < -0.39 is 0 Å². The molecule has 0 unspecified atom stereocenters. The molecular weight excluding hydrogens is 448 g/mol. The largest absolute Gasteiger partial charge is 0.379 e. The molecule has 3 aromatic rings. The number of carbonyl (C=O) groups excluding carboxylic acids is 1. The Bertz CT molecular complexity index is 1130. The van der Waals surface area contributed by atoms with Crippen LogP contribution in [0.1, 0.15) is 35.7 Å². The average Bonchev–Trinajstić information content (AvgIpc) is 3.43. The van der Waals surface area contributed by atoms with Gasteiger partial charge in [0.2, 0.25) is 0 Å². The smallest absolute Gasteiger partial charge is 0.252 e. The molecule has 5 rings (SSSR count). The fourth-order valence-electron chi connectivity index (χ4n) is 4.74. The number of allylic oxidation sites excluding steroid dienone is 1. The number of likely N-dealkylation sites (tertiary alicyclic amines) is 1. The van der Waals surface area contributed by atoms with Crippen LogP contribution < -0.4 is 5.32 Å². The van der Waals surface area contributed by atoms with Gasteiger partial charge in [-0.25, -0.2) is 4.98 Å². The number of nitrogens with zero attached hydrogens (tertiary/aromatic N) is 3. The molecule has 2 saturated heterocycles. The van der Waals surface area contributed by atoms with Crippen LogP contribution in [0.15, 0.2) is 67.3 Å². The number of benzene rings is 2. The summed E-state index contributed by atoms with van der Waals surface area (Å²) in [7, 11) is 0. The molecule has 2 aliphatic heterocycles. The first-order valence-corrected chi connectivity index (χ1v) is 13.0. The summed E-state index contributed by atoms with van der Waals surface area (Å²) in [5.74, 6) is -0.0296. The molecular formula is C30H38N4O2. The Labute approximate surface area is 215 Å². The first-order chi connectivity index (χ1) is 17.7. The molecule has 190 valence electrons. The standard InChI is InChI=1S/C27H32N4O2.C3H6/c32-27(28-11-14-30-12-3-4-13-30)24-19-26(29-25-6-2-1-5-23(24)25)22-9-7-21(8-10-22)20-31-15-17-33-18-16-31;1-3-2/h1-2,5-10,19H,3-4,11-18,20H2,(H,28,32);3H,1H2,2H3. The van der Waals surface area contributed by atoms with E-state index in [4.69, 9.17) is 9.72 Å². The zero-order valence-corrected chi connectivity index (χ0v) is 21.4. The zero-order chi connectivity index (χ0) is 25.2. The summed E-state index contributed by atoms with van der Waals surface area (Å²) in [6.45, 7) is 13.6. The second-order valence-corrected chi connectivity index (χ2v) is 9.37. The van der Waals surface area contributed by atoms with E-state index in [0.717, 1.165) is 74.6 Å². The first kappa shape index (κ1) is 26.0. The van der Waals surface area contributed by atoms with E-state index in [0.29, 0.717) is 12.1 Å². The first-order valence-electron chi connectivity index (χ1n) is 13.0. The number of hydrogen-bond acceptors (Lipinski definition) is 5. The number of ether oxygens (including phenoxy) is 1. The highest BCUT2D eigenvalue weighted by atomic mass is 16.5. The van der Waals surface area contributed by atoms with Crippen molar-refractivity contribution in [1.82, 2.24) is 20.1 Å². The molecule has 0 aliphatic carbocycles. The maximum absolute atomic E-state index is 13.1. The van der Waals surface area contributed by atoms with Gasteiger partial charge in [-0.15, -0.1) is 6.58 Å². The molecule has 3 heterocycles. The van der Waals surface area contributed by atoms with Crippen LogP contribution in [0.2, 0.25) is 0 Å². The predicted molar refractivity (Wildman–Crippen MR) is 147 cm³/mol. The number of aromatic nitrogens is 1. The third-order valence-corrected chi connectivity index (χ3v) is 6.63. The third-order valence-electron chi connectivity index (χ3n) is 6.63. The minimum absolute atomic E-state index is 0.0296. The van der Waals surface area contributed by atoms with Gasteiger partial charge in [0.15, 0.2) is 0 Å². The van der Waals surface area contributed by atoms with Crippen LogP contribution >= 0.6 is 0 Å². The number of fused-ring (bicyclic) bond motifs is 1. The van der Waals surface area contributed by atoms with Crippen LogP contribution in [0.4, 0.5) is 0 Å². The van der Waals surface area contributed by atoms with Gasteiger partial charge in [-0.3, -0.25) is 9.69 Å². The highest BCUT2D eigenvalue weighted by molar-refractivity contribution is 6.07. The number of carbonyl (C=O) groups is 1. The van der Waals surface area contributed by atoms with Gasteiger partial charge >= 0.3 is 0 Å². The third kappa shape index (κ3) is 7.00. The summed E-state index contributed by atoms with van der Waals surface area (Å²) in [4.78, 5) is 22.8. The molecule has 2 fully saturated rings. The Balaban J connectivity index is 0.000000967. The molecule has 1 aromatic heterocycles. The van der Waals surface area contributed by atoms with Crippen molar-refractivity contribution in [3.63, 3.8) is 0 Å². The van der Waals surface area contributed by atoms with Crippen molar-refractivity contribution in [3.05, 3.63) is 78.4 Å². The van der Waals surface area contributed by atoms with E-state index in [9.17, 15) is 4.79 Å². The van der Waals surface area contributed by atoms with E-state index in [1.165, 1.54) is 18.4 Å². The lowest BCUT2D eigenvalue weighted by Gasteiger charge is -2.26. The van der Waals surface area contributed by atoms with E-state index in [1.807, 2.05) is 37.3 Å². The van der Waals surface area contributed by atoms with Crippen molar-refractivity contribution < 1.29 is 9.53 Å². The van der Waals surface area contributed by atoms with E-state index in [1.54, 1.807) is 6.08 Å². The van der Waals surface area contributed by atoms with Gasteiger partial charge in [-0.1, -0.05) is 48.5 Å². The highest BCUT2D eigenvalue weighted by Crippen LogP contribution is 2.25. The van der Waals surface area contributed by atoms with E-state index in [2.05, 4.69) is 46.0 Å². The molecule has 6 nitrogen and oxygen atoms in total. The van der Waals surface area contributed by atoms with Gasteiger partial charge in [0, 0.05) is 43.7 Å². The van der Waals surface area contributed by atoms with Crippen LogP contribution in [-0.2, 0) is 11.3 Å². The summed E-state index contributed by atoms with van der Waals surface area (Å²) < 4.78 is 5.45. The quantitative estimate of drug-likeness (QED) is 0.489. The number of para-hydroxylation sites is 1. The Morgan fingerprint density at radius 3 is 2.44 bits per heavy atom. The average molecular weight is 487 g/mol. The molecule has 0 atom stereocenters. The Kier molecular flexibility index (Phi) is 9.61. The second kappa shape index (κ2) is 13.3. The number of hydrogen-bond donors (Lipinski definition) is 1. The summed E-state index contributed by atoms with van der Waals surface area (Å²) in [6.07, 6.45) is 4.27. The molecule has 0 saturated carbocycles. The molecule has 0 bridgehead atoms. The van der Waals surface area contributed by atoms with Crippen LogP contribution in [0.5, 0.6) is 0 Å². The molecule has 1 amide bonds. The lowest BCUT2D eigenvalue weighted by molar-refractivity contribution is 0.0342. The molecule has 0 spiro atoms. The summed E-state index contributed by atoms with van der Waals surface area (Å²) in [5, 5.41) is 4.02. The summed E-state index contributed by atoms with van der Waals surface area (Å²) in [5.41, 5.74) is 4.67. The SMILES string of the molecule is C=CC.O=C(NCCN1CCCC1)c1cc(-c2ccc(CN3CCOCC3)cc2)nc2ccccc12. The van der Waals surface area contributed by atoms with Gasteiger partial charge in [-0.05, 0) is 50.6 Å². The molecule has 6 heteroatoms. The fourth-order valence-corrected chi connectivity index (χ4v) is 4.74. The molecule has 2 aromatic carbocycles. The van der Waals surface area contributed by atoms with Gasteiger partial charge in [0.05, 0.1) is 30.0 Å². The van der Waals surface area contributed by atoms with Crippen LogP contribution in [0.3, 0.4) is 0 Å². The Morgan fingerprint density at radius 1 is 1.03 bits per heavy atom. The summed E-state index contributed by atoms with van der Waals surface area (Å²) in [6, 6.07) is 18.4. The summed E-state index contributed by atoms with van der Waals surface area (Å²) >= 11 is 0. The van der Waals surface area contributed by atoms with Gasteiger partial charge in [-0.2, -0.15) is 0 Å². The normalized spacial score (nSPS) is 16.4. The van der Waals surface area contributed by atoms with Crippen LogP contribution in [0, 0.1) is 0 Å². The zero-order valence-electron chi connectivity index (χ0n) is 21.4. The number of amides is 1. The van der Waals surface area contributed by atoms with Crippen LogP contribution in [0.25, 0.3) is 22.2 Å². The lowest BCUT2D eigenvalue weighted by atomic mass is 10.0. The number of rotatable bonds is 7. The van der Waals surface area contributed by atoms with Crippen molar-refractivity contribution in [2.75, 3.05) is 52.5 Å². The lowest BCUT2D eigenvalue weighted by Crippen LogP contribution is -2.35. The molecule has 0 radical (unpaired) electrons. The number of nitrogens with one attached hydrogen (secondary N) is 1. The minimum atomic E-state index is -0.0296. The number of pyridine rings is 1. The highest BCUT2D eigenvalue weighted by Gasteiger charge is 2.16.